The Morgan fingerprint density at radius 1 is 1.53 bits per heavy atom. The molecule has 0 bridgehead atoms. The summed E-state index contributed by atoms with van der Waals surface area (Å²) in [6.07, 6.45) is 3.89. The van der Waals surface area contributed by atoms with E-state index in [0.717, 1.165) is 32.2 Å². The van der Waals surface area contributed by atoms with Crippen molar-refractivity contribution in [2.24, 2.45) is 11.7 Å². The van der Waals surface area contributed by atoms with Crippen molar-refractivity contribution in [3.05, 3.63) is 0 Å². The lowest BCUT2D eigenvalue weighted by molar-refractivity contribution is 0.0424. The van der Waals surface area contributed by atoms with Crippen LogP contribution in [0.2, 0.25) is 0 Å². The Balaban J connectivity index is 2.68. The molecule has 15 heavy (non-hydrogen) atoms. The fourth-order valence-electron chi connectivity index (χ4n) is 3.03. The first-order valence-electron chi connectivity index (χ1n) is 6.15. The average Bonchev–Trinajstić information content (AvgIpc) is 2.62. The van der Waals surface area contributed by atoms with Gasteiger partial charge in [0.25, 0.3) is 0 Å². The molecule has 0 amide bonds. The first kappa shape index (κ1) is 12.9. The van der Waals surface area contributed by atoms with Crippen molar-refractivity contribution >= 4 is 0 Å². The standard InChI is InChI=1S/C12H26N2O/c1-4-14(8-9-15-3)12(10-13)7-5-6-11(12)2/h11H,4-10,13H2,1-3H3. The van der Waals surface area contributed by atoms with Gasteiger partial charge in [-0.3, -0.25) is 4.90 Å². The largest absolute Gasteiger partial charge is 0.383 e. The Kier molecular flexibility index (Phi) is 5.03. The summed E-state index contributed by atoms with van der Waals surface area (Å²) in [5.74, 6) is 0.722. The van der Waals surface area contributed by atoms with E-state index in [9.17, 15) is 0 Å². The van der Waals surface area contributed by atoms with Gasteiger partial charge in [0, 0.05) is 25.7 Å². The topological polar surface area (TPSA) is 38.5 Å². The number of nitrogens with two attached hydrogens (primary N) is 1. The summed E-state index contributed by atoms with van der Waals surface area (Å²) in [4.78, 5) is 2.52. The van der Waals surface area contributed by atoms with Crippen LogP contribution in [0.15, 0.2) is 0 Å². The van der Waals surface area contributed by atoms with E-state index in [-0.39, 0.29) is 5.54 Å². The van der Waals surface area contributed by atoms with Gasteiger partial charge in [0.1, 0.15) is 0 Å². The number of hydrogen-bond acceptors (Lipinski definition) is 3. The van der Waals surface area contributed by atoms with Crippen molar-refractivity contribution in [1.82, 2.24) is 4.90 Å². The second-order valence-corrected chi connectivity index (χ2v) is 4.67. The zero-order valence-electron chi connectivity index (χ0n) is 10.5. The quantitative estimate of drug-likeness (QED) is 0.728. The highest BCUT2D eigenvalue weighted by Gasteiger charge is 2.42. The molecule has 90 valence electrons. The molecule has 0 aliphatic heterocycles. The van der Waals surface area contributed by atoms with Crippen molar-refractivity contribution in [3.8, 4) is 0 Å². The Bertz CT molecular complexity index is 186. The zero-order chi connectivity index (χ0) is 11.3. The molecular formula is C12H26N2O. The Hall–Kier alpha value is -0.120. The van der Waals surface area contributed by atoms with Gasteiger partial charge in [0.2, 0.25) is 0 Å². The van der Waals surface area contributed by atoms with Gasteiger partial charge in [0.05, 0.1) is 6.61 Å². The summed E-state index contributed by atoms with van der Waals surface area (Å²) in [6.45, 7) is 8.24. The molecule has 2 atom stereocenters. The van der Waals surface area contributed by atoms with Gasteiger partial charge in [-0.15, -0.1) is 0 Å². The molecule has 1 aliphatic rings. The number of methoxy groups -OCH3 is 1. The van der Waals surface area contributed by atoms with E-state index in [2.05, 4.69) is 18.7 Å². The highest BCUT2D eigenvalue weighted by Crippen LogP contribution is 2.39. The predicted molar refractivity (Wildman–Crippen MR) is 63.9 cm³/mol. The van der Waals surface area contributed by atoms with Gasteiger partial charge in [-0.1, -0.05) is 20.3 Å². The van der Waals surface area contributed by atoms with Crippen LogP contribution in [0, 0.1) is 5.92 Å². The smallest absolute Gasteiger partial charge is 0.0589 e. The maximum atomic E-state index is 6.02. The number of hydrogen-bond donors (Lipinski definition) is 1. The second-order valence-electron chi connectivity index (χ2n) is 4.67. The van der Waals surface area contributed by atoms with E-state index in [4.69, 9.17) is 10.5 Å². The van der Waals surface area contributed by atoms with Crippen LogP contribution in [0.1, 0.15) is 33.1 Å². The highest BCUT2D eigenvalue weighted by atomic mass is 16.5. The monoisotopic (exact) mass is 214 g/mol. The molecule has 1 rings (SSSR count). The van der Waals surface area contributed by atoms with Crippen molar-refractivity contribution in [2.75, 3.05) is 33.4 Å². The Morgan fingerprint density at radius 2 is 2.27 bits per heavy atom. The number of likely N-dealkylation sites (N-methyl/N-ethyl adjacent to an activating group) is 1. The molecule has 0 heterocycles. The molecule has 1 aliphatic carbocycles. The molecule has 0 aromatic carbocycles. The van der Waals surface area contributed by atoms with Crippen LogP contribution in [0.5, 0.6) is 0 Å². The van der Waals surface area contributed by atoms with Crippen LogP contribution in [0.25, 0.3) is 0 Å². The molecule has 3 heteroatoms. The molecule has 1 saturated carbocycles. The lowest BCUT2D eigenvalue weighted by atomic mass is 9.86. The first-order chi connectivity index (χ1) is 7.21. The molecule has 0 saturated heterocycles. The molecule has 3 nitrogen and oxygen atoms in total. The summed E-state index contributed by atoms with van der Waals surface area (Å²) >= 11 is 0. The van der Waals surface area contributed by atoms with E-state index in [1.54, 1.807) is 7.11 Å². The van der Waals surface area contributed by atoms with Crippen molar-refractivity contribution in [2.45, 2.75) is 38.6 Å². The lowest BCUT2D eigenvalue weighted by Gasteiger charge is -2.43. The van der Waals surface area contributed by atoms with Crippen LogP contribution >= 0.6 is 0 Å². The molecule has 1 fully saturated rings. The van der Waals surface area contributed by atoms with Crippen LogP contribution in [0.4, 0.5) is 0 Å². The molecule has 0 aromatic heterocycles. The van der Waals surface area contributed by atoms with Gasteiger partial charge < -0.3 is 10.5 Å². The van der Waals surface area contributed by atoms with Crippen LogP contribution in [-0.2, 0) is 4.74 Å². The molecular weight excluding hydrogens is 188 g/mol. The van der Waals surface area contributed by atoms with Crippen LogP contribution in [-0.4, -0.2) is 43.8 Å². The van der Waals surface area contributed by atoms with E-state index in [0.29, 0.717) is 0 Å². The Morgan fingerprint density at radius 3 is 2.67 bits per heavy atom. The fraction of sp³-hybridized carbons (Fsp3) is 1.00. The van der Waals surface area contributed by atoms with Crippen molar-refractivity contribution in [3.63, 3.8) is 0 Å². The number of rotatable bonds is 6. The van der Waals surface area contributed by atoms with E-state index in [1.165, 1.54) is 19.3 Å². The van der Waals surface area contributed by atoms with Gasteiger partial charge in [-0.25, -0.2) is 0 Å². The molecule has 0 aromatic rings. The average molecular weight is 214 g/mol. The van der Waals surface area contributed by atoms with Crippen molar-refractivity contribution in [1.29, 1.82) is 0 Å². The van der Waals surface area contributed by atoms with Gasteiger partial charge in [-0.05, 0) is 25.3 Å². The van der Waals surface area contributed by atoms with Crippen LogP contribution in [0.3, 0.4) is 0 Å². The second kappa shape index (κ2) is 5.83. The summed E-state index contributed by atoms with van der Waals surface area (Å²) < 4.78 is 5.18. The highest BCUT2D eigenvalue weighted by molar-refractivity contribution is 4.99. The fourth-order valence-corrected chi connectivity index (χ4v) is 3.03. The van der Waals surface area contributed by atoms with Gasteiger partial charge in [0.15, 0.2) is 0 Å². The minimum atomic E-state index is 0.243. The van der Waals surface area contributed by atoms with Crippen molar-refractivity contribution < 1.29 is 4.74 Å². The molecule has 0 radical (unpaired) electrons. The normalized spacial score (nSPS) is 31.4. The third kappa shape index (κ3) is 2.52. The minimum absolute atomic E-state index is 0.243. The molecule has 0 spiro atoms. The molecule has 2 unspecified atom stereocenters. The SMILES string of the molecule is CCN(CCOC)C1(CN)CCCC1C. The third-order valence-corrected chi connectivity index (χ3v) is 4.09. The van der Waals surface area contributed by atoms with E-state index in [1.807, 2.05) is 0 Å². The van der Waals surface area contributed by atoms with Gasteiger partial charge in [-0.2, -0.15) is 0 Å². The lowest BCUT2D eigenvalue weighted by Crippen LogP contribution is -2.56. The Labute approximate surface area is 94.0 Å². The maximum absolute atomic E-state index is 6.02. The summed E-state index contributed by atoms with van der Waals surface area (Å²) in [6, 6.07) is 0. The van der Waals surface area contributed by atoms with Gasteiger partial charge >= 0.3 is 0 Å². The summed E-state index contributed by atoms with van der Waals surface area (Å²) in [7, 11) is 1.76. The van der Waals surface area contributed by atoms with E-state index < -0.39 is 0 Å². The van der Waals surface area contributed by atoms with E-state index >= 15 is 0 Å². The summed E-state index contributed by atoms with van der Waals surface area (Å²) in [5, 5.41) is 0. The predicted octanol–water partition coefficient (Wildman–Crippen LogP) is 1.47. The van der Waals surface area contributed by atoms with Crippen LogP contribution < -0.4 is 5.73 Å². The zero-order valence-corrected chi connectivity index (χ0v) is 10.5. The summed E-state index contributed by atoms with van der Waals surface area (Å²) in [5.41, 5.74) is 6.27. The number of ether oxygens (including phenoxy) is 1. The number of nitrogens with zero attached hydrogens (tertiary/aromatic N) is 1. The molecule has 2 N–H and O–H groups in total. The minimum Gasteiger partial charge on any atom is -0.383 e. The first-order valence-corrected chi connectivity index (χ1v) is 6.15. The third-order valence-electron chi connectivity index (χ3n) is 4.09. The maximum Gasteiger partial charge on any atom is 0.0589 e.